The monoisotopic (exact) mass is 352 g/mol. The van der Waals surface area contributed by atoms with Gasteiger partial charge in [0.2, 0.25) is 0 Å². The van der Waals surface area contributed by atoms with Gasteiger partial charge < -0.3 is 5.32 Å². The molecule has 2 rings (SSSR count). The highest BCUT2D eigenvalue weighted by Crippen LogP contribution is 2.19. The number of benzene rings is 1. The molecule has 1 unspecified atom stereocenters. The van der Waals surface area contributed by atoms with Crippen molar-refractivity contribution in [2.45, 2.75) is 26.2 Å². The van der Waals surface area contributed by atoms with Gasteiger partial charge >= 0.3 is 0 Å². The topological polar surface area (TPSA) is 24.9 Å². The number of halogens is 1. The summed E-state index contributed by atoms with van der Waals surface area (Å²) in [5.74, 6) is 0.622. The molecule has 2 nitrogen and oxygen atoms in total. The molecule has 0 aliphatic rings. The van der Waals surface area contributed by atoms with Crippen molar-refractivity contribution in [1.29, 1.82) is 0 Å². The quantitative estimate of drug-likeness (QED) is 0.716. The minimum Gasteiger partial charge on any atom is -0.316 e. The molecule has 1 aromatic carbocycles. The zero-order valence-corrected chi connectivity index (χ0v) is 14.2. The summed E-state index contributed by atoms with van der Waals surface area (Å²) in [4.78, 5) is 5.56. The van der Waals surface area contributed by atoms with Gasteiger partial charge in [0.1, 0.15) is 0 Å². The zero-order valence-electron chi connectivity index (χ0n) is 11.8. The van der Waals surface area contributed by atoms with E-state index in [9.17, 15) is 0 Å². The Morgan fingerprint density at radius 1 is 1.35 bits per heavy atom. The molecule has 2 aromatic rings. The Balaban J connectivity index is 1.97. The summed E-state index contributed by atoms with van der Waals surface area (Å²) in [5, 5.41) is 3.55. The number of nitrogens with zero attached hydrogens (tertiary/aromatic N) is 1. The highest BCUT2D eigenvalue weighted by molar-refractivity contribution is 9.10. The van der Waals surface area contributed by atoms with Gasteiger partial charge in [0.05, 0.1) is 5.51 Å². The molecule has 1 heterocycles. The largest absolute Gasteiger partial charge is 0.316 e. The molecule has 0 amide bonds. The van der Waals surface area contributed by atoms with Crippen LogP contribution >= 0.6 is 27.3 Å². The number of hydrogen-bond donors (Lipinski definition) is 1. The lowest BCUT2D eigenvalue weighted by Crippen LogP contribution is -2.26. The van der Waals surface area contributed by atoms with E-state index in [0.29, 0.717) is 5.92 Å². The Morgan fingerprint density at radius 2 is 2.25 bits per heavy atom. The van der Waals surface area contributed by atoms with Crippen LogP contribution in [0.5, 0.6) is 0 Å². The molecule has 1 N–H and O–H groups in total. The lowest BCUT2D eigenvalue weighted by atomic mass is 9.95. The zero-order chi connectivity index (χ0) is 14.2. The highest BCUT2D eigenvalue weighted by Gasteiger charge is 2.12. The predicted octanol–water partition coefficient (Wildman–Crippen LogP) is 4.31. The van der Waals surface area contributed by atoms with Gasteiger partial charge in [0.15, 0.2) is 0 Å². The Labute approximate surface area is 133 Å². The van der Waals surface area contributed by atoms with Crippen LogP contribution in [0.25, 0.3) is 0 Å². The van der Waals surface area contributed by atoms with E-state index in [0.717, 1.165) is 30.4 Å². The molecule has 20 heavy (non-hydrogen) atoms. The molecule has 0 aliphatic carbocycles. The highest BCUT2D eigenvalue weighted by atomic mass is 79.9. The van der Waals surface area contributed by atoms with Crippen LogP contribution in [-0.2, 0) is 12.8 Å². The van der Waals surface area contributed by atoms with Crippen molar-refractivity contribution in [2.75, 3.05) is 13.1 Å². The normalized spacial score (nSPS) is 12.5. The van der Waals surface area contributed by atoms with E-state index in [1.165, 1.54) is 16.9 Å². The average molecular weight is 353 g/mol. The van der Waals surface area contributed by atoms with Crippen LogP contribution in [-0.4, -0.2) is 18.1 Å². The van der Waals surface area contributed by atoms with Crippen LogP contribution in [0.3, 0.4) is 0 Å². The first-order chi connectivity index (χ1) is 9.78. The second kappa shape index (κ2) is 8.55. The first-order valence-electron chi connectivity index (χ1n) is 7.10. The van der Waals surface area contributed by atoms with E-state index < -0.39 is 0 Å². The average Bonchev–Trinajstić information content (AvgIpc) is 2.92. The molecule has 4 heteroatoms. The molecule has 0 aliphatic heterocycles. The van der Waals surface area contributed by atoms with Gasteiger partial charge in [-0.3, -0.25) is 4.98 Å². The van der Waals surface area contributed by atoms with Gasteiger partial charge in [-0.2, -0.15) is 0 Å². The first kappa shape index (κ1) is 15.7. The molecule has 1 atom stereocenters. The van der Waals surface area contributed by atoms with Gasteiger partial charge in [-0.05, 0) is 56.0 Å². The lowest BCUT2D eigenvalue weighted by molar-refractivity contribution is 0.473. The summed E-state index contributed by atoms with van der Waals surface area (Å²) in [6.07, 6.45) is 5.39. The maximum atomic E-state index is 4.18. The summed E-state index contributed by atoms with van der Waals surface area (Å²) in [5.41, 5.74) is 3.32. The van der Waals surface area contributed by atoms with Crippen molar-refractivity contribution in [3.63, 3.8) is 0 Å². The number of aromatic nitrogens is 1. The maximum Gasteiger partial charge on any atom is 0.0794 e. The number of rotatable bonds is 8. The van der Waals surface area contributed by atoms with Crippen molar-refractivity contribution < 1.29 is 0 Å². The van der Waals surface area contributed by atoms with Gasteiger partial charge in [-0.1, -0.05) is 35.0 Å². The molecule has 0 saturated heterocycles. The minimum absolute atomic E-state index is 0.622. The fourth-order valence-electron chi connectivity index (χ4n) is 2.32. The number of hydrogen-bond acceptors (Lipinski definition) is 3. The van der Waals surface area contributed by atoms with Crippen LogP contribution in [0, 0.1) is 5.92 Å². The van der Waals surface area contributed by atoms with Crippen LogP contribution in [0.1, 0.15) is 23.8 Å². The fourth-order valence-corrected chi connectivity index (χ4v) is 3.48. The SMILES string of the molecule is CCCNCC(Cc1cccc(Br)c1)Cc1cncs1. The van der Waals surface area contributed by atoms with Crippen molar-refractivity contribution in [1.82, 2.24) is 10.3 Å². The molecular formula is C16H21BrN2S. The van der Waals surface area contributed by atoms with Gasteiger partial charge in [-0.25, -0.2) is 0 Å². The van der Waals surface area contributed by atoms with Gasteiger partial charge in [0, 0.05) is 15.5 Å². The first-order valence-corrected chi connectivity index (χ1v) is 8.77. The molecule has 0 fully saturated rings. The second-order valence-corrected chi connectivity index (χ2v) is 6.96. The number of nitrogens with one attached hydrogen (secondary N) is 1. The van der Waals surface area contributed by atoms with E-state index in [2.05, 4.69) is 57.4 Å². The molecule has 0 bridgehead atoms. The summed E-state index contributed by atoms with van der Waals surface area (Å²) < 4.78 is 1.16. The molecule has 1 aromatic heterocycles. The minimum atomic E-state index is 0.622. The van der Waals surface area contributed by atoms with Gasteiger partial charge in [-0.15, -0.1) is 11.3 Å². The van der Waals surface area contributed by atoms with Crippen LogP contribution in [0.2, 0.25) is 0 Å². The van der Waals surface area contributed by atoms with E-state index in [1.807, 2.05) is 11.7 Å². The van der Waals surface area contributed by atoms with Crippen LogP contribution < -0.4 is 5.32 Å². The standard InChI is InChI=1S/C16H21BrN2S/c1-2-6-18-10-14(9-16-11-19-12-20-16)7-13-4-3-5-15(17)8-13/h3-5,8,11-12,14,18H,2,6-7,9-10H2,1H3. The summed E-state index contributed by atoms with van der Waals surface area (Å²) >= 11 is 5.31. The van der Waals surface area contributed by atoms with Gasteiger partial charge in [0.25, 0.3) is 0 Å². The lowest BCUT2D eigenvalue weighted by Gasteiger charge is -2.17. The third-order valence-electron chi connectivity index (χ3n) is 3.25. The fraction of sp³-hybridized carbons (Fsp3) is 0.438. The molecule has 0 saturated carbocycles. The van der Waals surface area contributed by atoms with Crippen molar-refractivity contribution in [3.8, 4) is 0 Å². The van der Waals surface area contributed by atoms with E-state index in [-0.39, 0.29) is 0 Å². The second-order valence-electron chi connectivity index (χ2n) is 5.08. The van der Waals surface area contributed by atoms with E-state index in [1.54, 1.807) is 11.3 Å². The number of thiazole rings is 1. The predicted molar refractivity (Wildman–Crippen MR) is 90.3 cm³/mol. The molecule has 108 valence electrons. The van der Waals surface area contributed by atoms with Crippen LogP contribution in [0.15, 0.2) is 40.4 Å². The smallest absolute Gasteiger partial charge is 0.0794 e. The Hall–Kier alpha value is -0.710. The summed E-state index contributed by atoms with van der Waals surface area (Å²) in [7, 11) is 0. The summed E-state index contributed by atoms with van der Waals surface area (Å²) in [6, 6.07) is 8.63. The molecule has 0 radical (unpaired) electrons. The van der Waals surface area contributed by atoms with Crippen LogP contribution in [0.4, 0.5) is 0 Å². The molecular weight excluding hydrogens is 332 g/mol. The Bertz CT molecular complexity index is 499. The maximum absolute atomic E-state index is 4.18. The summed E-state index contributed by atoms with van der Waals surface area (Å²) in [6.45, 7) is 4.37. The third kappa shape index (κ3) is 5.35. The van der Waals surface area contributed by atoms with Crippen molar-refractivity contribution in [2.24, 2.45) is 5.92 Å². The third-order valence-corrected chi connectivity index (χ3v) is 4.54. The molecule has 0 spiro atoms. The van der Waals surface area contributed by atoms with Crippen molar-refractivity contribution >= 4 is 27.3 Å². The Morgan fingerprint density at radius 3 is 2.95 bits per heavy atom. The van der Waals surface area contributed by atoms with E-state index in [4.69, 9.17) is 0 Å². The Kier molecular flexibility index (Phi) is 6.70. The van der Waals surface area contributed by atoms with E-state index >= 15 is 0 Å². The van der Waals surface area contributed by atoms with Crippen molar-refractivity contribution in [3.05, 3.63) is 50.9 Å².